The normalized spacial score (nSPS) is 16.0. The number of ether oxygens (including phenoxy) is 2. The number of amides is 1. The first-order chi connectivity index (χ1) is 20.6. The van der Waals surface area contributed by atoms with Crippen LogP contribution in [0.25, 0.3) is 5.76 Å². The SMILES string of the molecule is CCOC(=O)c1sc(N2C(=O)C(=O)/C(=C(/O)c3ccc(OCc4ccccc4)cc3C)C2c2ccc(Cl)c(Cl)c2)nc1C. The Labute approximate surface area is 262 Å². The number of anilines is 1. The number of thiazole rings is 1. The van der Waals surface area contributed by atoms with Crippen LogP contribution in [0.15, 0.2) is 72.3 Å². The highest BCUT2D eigenvalue weighted by Crippen LogP contribution is 2.45. The lowest BCUT2D eigenvalue weighted by atomic mass is 9.94. The third-order valence-electron chi connectivity index (χ3n) is 6.86. The number of hydrogen-bond acceptors (Lipinski definition) is 8. The second-order valence-corrected chi connectivity index (χ2v) is 11.5. The smallest absolute Gasteiger partial charge is 0.350 e. The van der Waals surface area contributed by atoms with Crippen LogP contribution in [-0.2, 0) is 20.9 Å². The molecule has 4 aromatic rings. The molecule has 1 saturated heterocycles. The molecule has 43 heavy (non-hydrogen) atoms. The van der Waals surface area contributed by atoms with Gasteiger partial charge in [0.05, 0.1) is 34.0 Å². The highest BCUT2D eigenvalue weighted by atomic mass is 35.5. The van der Waals surface area contributed by atoms with Crippen LogP contribution >= 0.6 is 34.5 Å². The first-order valence-corrected chi connectivity index (χ1v) is 14.9. The summed E-state index contributed by atoms with van der Waals surface area (Å²) >= 11 is 13.4. The van der Waals surface area contributed by atoms with Crippen LogP contribution in [0.4, 0.5) is 5.13 Å². The van der Waals surface area contributed by atoms with E-state index in [1.807, 2.05) is 30.3 Å². The lowest BCUT2D eigenvalue weighted by Crippen LogP contribution is -2.29. The number of nitrogens with zero attached hydrogens (tertiary/aromatic N) is 2. The minimum atomic E-state index is -1.11. The van der Waals surface area contributed by atoms with Crippen molar-refractivity contribution in [3.63, 3.8) is 0 Å². The van der Waals surface area contributed by atoms with Crippen LogP contribution in [0, 0.1) is 13.8 Å². The molecule has 1 aromatic heterocycles. The predicted molar refractivity (Wildman–Crippen MR) is 166 cm³/mol. The van der Waals surface area contributed by atoms with Crippen molar-refractivity contribution in [1.29, 1.82) is 0 Å². The van der Waals surface area contributed by atoms with Crippen LogP contribution in [-0.4, -0.2) is 34.4 Å². The first-order valence-electron chi connectivity index (χ1n) is 13.3. The van der Waals surface area contributed by atoms with Crippen molar-refractivity contribution in [2.75, 3.05) is 11.5 Å². The van der Waals surface area contributed by atoms with E-state index in [4.69, 9.17) is 32.7 Å². The number of Topliss-reactive ketones (excluding diaryl/α,β-unsaturated/α-hetero) is 1. The third-order valence-corrected chi connectivity index (χ3v) is 8.73. The molecule has 0 spiro atoms. The van der Waals surface area contributed by atoms with E-state index in [1.54, 1.807) is 51.1 Å². The largest absolute Gasteiger partial charge is 0.507 e. The van der Waals surface area contributed by atoms with Gasteiger partial charge in [0.25, 0.3) is 5.78 Å². The molecule has 11 heteroatoms. The molecule has 2 heterocycles. The summed E-state index contributed by atoms with van der Waals surface area (Å²) in [5, 5.41) is 12.2. The summed E-state index contributed by atoms with van der Waals surface area (Å²) in [5.41, 5.74) is 2.57. The molecule has 0 aliphatic carbocycles. The van der Waals surface area contributed by atoms with Gasteiger partial charge in [0, 0.05) is 5.56 Å². The fourth-order valence-electron chi connectivity index (χ4n) is 4.78. The topological polar surface area (TPSA) is 106 Å². The summed E-state index contributed by atoms with van der Waals surface area (Å²) in [5.74, 6) is -2.21. The molecule has 1 aliphatic heterocycles. The van der Waals surface area contributed by atoms with Gasteiger partial charge in [-0.15, -0.1) is 0 Å². The Hall–Kier alpha value is -4.18. The van der Waals surface area contributed by atoms with Crippen LogP contribution < -0.4 is 9.64 Å². The standard InChI is InChI=1S/C32H26Cl2N2O6S/c1-4-41-31(40)29-18(3)35-32(43-29)36-26(20-10-13-23(33)24(34)15-20)25(28(38)30(36)39)27(37)22-12-11-21(14-17(22)2)42-16-19-8-6-5-7-9-19/h5-15,26,37H,4,16H2,1-3H3/b27-25+. The molecule has 5 rings (SSSR count). The molecular weight excluding hydrogens is 611 g/mol. The maximum Gasteiger partial charge on any atom is 0.350 e. The Bertz CT molecular complexity index is 1770. The molecule has 1 N–H and O–H groups in total. The molecule has 1 aliphatic rings. The van der Waals surface area contributed by atoms with Crippen LogP contribution in [0.2, 0.25) is 10.0 Å². The van der Waals surface area contributed by atoms with Crippen molar-refractivity contribution in [3.05, 3.63) is 115 Å². The van der Waals surface area contributed by atoms with Crippen molar-refractivity contribution in [2.45, 2.75) is 33.4 Å². The van der Waals surface area contributed by atoms with Gasteiger partial charge in [-0.05, 0) is 67.8 Å². The number of ketones is 1. The average molecular weight is 638 g/mol. The Morgan fingerprint density at radius 2 is 1.77 bits per heavy atom. The van der Waals surface area contributed by atoms with E-state index in [-0.39, 0.29) is 38.0 Å². The van der Waals surface area contributed by atoms with Gasteiger partial charge in [-0.3, -0.25) is 14.5 Å². The van der Waals surface area contributed by atoms with Gasteiger partial charge in [-0.1, -0.05) is 70.9 Å². The lowest BCUT2D eigenvalue weighted by molar-refractivity contribution is -0.132. The summed E-state index contributed by atoms with van der Waals surface area (Å²) < 4.78 is 11.0. The van der Waals surface area contributed by atoms with E-state index in [1.165, 1.54) is 11.0 Å². The Morgan fingerprint density at radius 1 is 1.02 bits per heavy atom. The number of rotatable bonds is 8. The molecular formula is C32H26Cl2N2O6S. The van der Waals surface area contributed by atoms with E-state index in [0.717, 1.165) is 16.9 Å². The minimum Gasteiger partial charge on any atom is -0.507 e. The van der Waals surface area contributed by atoms with Crippen LogP contribution in [0.1, 0.15) is 50.6 Å². The van der Waals surface area contributed by atoms with Gasteiger partial charge >= 0.3 is 11.9 Å². The molecule has 1 unspecified atom stereocenters. The summed E-state index contributed by atoms with van der Waals surface area (Å²) in [6.07, 6.45) is 0. The molecule has 1 fully saturated rings. The maximum atomic E-state index is 13.6. The van der Waals surface area contributed by atoms with Crippen molar-refractivity contribution in [2.24, 2.45) is 0 Å². The van der Waals surface area contributed by atoms with Crippen molar-refractivity contribution in [1.82, 2.24) is 4.98 Å². The number of esters is 1. The molecule has 0 saturated carbocycles. The molecule has 0 bridgehead atoms. The summed E-state index contributed by atoms with van der Waals surface area (Å²) in [7, 11) is 0. The zero-order chi connectivity index (χ0) is 30.8. The maximum absolute atomic E-state index is 13.6. The number of hydrogen-bond donors (Lipinski definition) is 1. The fraction of sp³-hybridized carbons (Fsp3) is 0.188. The second kappa shape index (κ2) is 12.6. The van der Waals surface area contributed by atoms with E-state index < -0.39 is 23.7 Å². The van der Waals surface area contributed by atoms with Gasteiger partial charge in [0.1, 0.15) is 23.0 Å². The molecule has 3 aromatic carbocycles. The number of aromatic nitrogens is 1. The van der Waals surface area contributed by atoms with E-state index in [9.17, 15) is 19.5 Å². The second-order valence-electron chi connectivity index (χ2n) is 9.73. The van der Waals surface area contributed by atoms with Gasteiger partial charge < -0.3 is 14.6 Å². The van der Waals surface area contributed by atoms with Crippen molar-refractivity contribution >= 4 is 63.1 Å². The number of benzene rings is 3. The van der Waals surface area contributed by atoms with Crippen LogP contribution in [0.3, 0.4) is 0 Å². The number of halogens is 2. The van der Waals surface area contributed by atoms with Gasteiger partial charge in [-0.25, -0.2) is 9.78 Å². The fourth-order valence-corrected chi connectivity index (χ4v) is 6.07. The number of carbonyl (C=O) groups excluding carboxylic acids is 3. The molecule has 8 nitrogen and oxygen atoms in total. The Kier molecular flexibility index (Phi) is 8.87. The Balaban J connectivity index is 1.59. The number of carbonyl (C=O) groups is 3. The third kappa shape index (κ3) is 6.01. The molecule has 1 amide bonds. The molecule has 1 atom stereocenters. The Morgan fingerprint density at radius 3 is 2.44 bits per heavy atom. The van der Waals surface area contributed by atoms with Gasteiger partial charge in [-0.2, -0.15) is 0 Å². The van der Waals surface area contributed by atoms with E-state index >= 15 is 0 Å². The monoisotopic (exact) mass is 636 g/mol. The highest BCUT2D eigenvalue weighted by molar-refractivity contribution is 7.17. The number of aryl methyl sites for hydroxylation is 2. The molecule has 0 radical (unpaired) electrons. The highest BCUT2D eigenvalue weighted by Gasteiger charge is 2.48. The minimum absolute atomic E-state index is 0.0964. The summed E-state index contributed by atoms with van der Waals surface area (Å²) in [6.45, 7) is 5.58. The van der Waals surface area contributed by atoms with E-state index in [0.29, 0.717) is 34.7 Å². The zero-order valence-electron chi connectivity index (χ0n) is 23.4. The number of aliphatic hydroxyl groups excluding tert-OH is 1. The van der Waals surface area contributed by atoms with Crippen molar-refractivity contribution in [3.8, 4) is 5.75 Å². The average Bonchev–Trinajstić information content (AvgIpc) is 3.50. The predicted octanol–water partition coefficient (Wildman–Crippen LogP) is 7.45. The van der Waals surface area contributed by atoms with Crippen LogP contribution in [0.5, 0.6) is 5.75 Å². The zero-order valence-corrected chi connectivity index (χ0v) is 25.7. The molecule has 220 valence electrons. The summed E-state index contributed by atoms with van der Waals surface area (Å²) in [4.78, 5) is 45.5. The quantitative estimate of drug-likeness (QED) is 0.0926. The van der Waals surface area contributed by atoms with Crippen molar-refractivity contribution < 1.29 is 29.0 Å². The number of aliphatic hydroxyl groups is 1. The summed E-state index contributed by atoms with van der Waals surface area (Å²) in [6, 6.07) is 18.3. The lowest BCUT2D eigenvalue weighted by Gasteiger charge is -2.23. The first kappa shape index (κ1) is 30.3. The van der Waals surface area contributed by atoms with Gasteiger partial charge in [0.15, 0.2) is 5.13 Å². The van der Waals surface area contributed by atoms with Gasteiger partial charge in [0.2, 0.25) is 0 Å². The van der Waals surface area contributed by atoms with E-state index in [2.05, 4.69) is 4.98 Å².